The van der Waals surface area contributed by atoms with E-state index in [9.17, 15) is 9.59 Å². The minimum atomic E-state index is -0.0515. The Morgan fingerprint density at radius 1 is 1.20 bits per heavy atom. The number of thiazole rings is 1. The Morgan fingerprint density at radius 3 is 2.63 bits per heavy atom. The Morgan fingerprint density at radius 2 is 1.97 bits per heavy atom. The molecule has 0 N–H and O–H groups in total. The third-order valence-electron chi connectivity index (χ3n) is 5.04. The van der Waals surface area contributed by atoms with Crippen LogP contribution in [0.1, 0.15) is 61.5 Å². The van der Waals surface area contributed by atoms with E-state index >= 15 is 0 Å². The first-order valence-electron chi connectivity index (χ1n) is 9.93. The van der Waals surface area contributed by atoms with Gasteiger partial charge in [0.15, 0.2) is 10.9 Å². The molecule has 7 heteroatoms. The second-order valence-electron chi connectivity index (χ2n) is 7.75. The summed E-state index contributed by atoms with van der Waals surface area (Å²) in [7, 11) is 0. The lowest BCUT2D eigenvalue weighted by atomic mass is 10.1. The molecular weight excluding hydrogens is 416 g/mol. The van der Waals surface area contributed by atoms with Gasteiger partial charge >= 0.3 is 0 Å². The van der Waals surface area contributed by atoms with Gasteiger partial charge in [0.05, 0.1) is 15.4 Å². The highest BCUT2D eigenvalue weighted by molar-refractivity contribution is 7.18. The zero-order valence-corrected chi connectivity index (χ0v) is 19.2. The lowest BCUT2D eigenvalue weighted by molar-refractivity contribution is 0.0986. The SMILES string of the molecule is CC(=O)c1sc(N(C(=O)c2cc(COc3cc(C)ccc3C)cs2)C2CC2)nc1C. The molecule has 4 rings (SSSR count). The number of amides is 1. The summed E-state index contributed by atoms with van der Waals surface area (Å²) in [5, 5.41) is 2.59. The van der Waals surface area contributed by atoms with Crippen molar-refractivity contribution < 1.29 is 14.3 Å². The van der Waals surface area contributed by atoms with Gasteiger partial charge in [0.2, 0.25) is 0 Å². The molecule has 1 amide bonds. The first-order valence-corrected chi connectivity index (χ1v) is 11.6. The van der Waals surface area contributed by atoms with E-state index in [-0.39, 0.29) is 17.7 Å². The highest BCUT2D eigenvalue weighted by Crippen LogP contribution is 2.37. The normalized spacial score (nSPS) is 13.3. The molecule has 0 bridgehead atoms. The molecule has 1 aliphatic carbocycles. The molecule has 0 saturated heterocycles. The number of carbonyl (C=O) groups excluding carboxylic acids is 2. The number of carbonyl (C=O) groups is 2. The predicted octanol–water partition coefficient (Wildman–Crippen LogP) is 5.72. The van der Waals surface area contributed by atoms with Crippen molar-refractivity contribution in [2.45, 2.75) is 53.2 Å². The van der Waals surface area contributed by atoms with Crippen LogP contribution in [0.4, 0.5) is 5.13 Å². The minimum absolute atomic E-state index is 0.0125. The maximum absolute atomic E-state index is 13.3. The number of nitrogens with zero attached hydrogens (tertiary/aromatic N) is 2. The quantitative estimate of drug-likeness (QED) is 0.441. The number of benzene rings is 1. The van der Waals surface area contributed by atoms with Crippen LogP contribution in [0.5, 0.6) is 5.75 Å². The highest BCUT2D eigenvalue weighted by atomic mass is 32.1. The summed E-state index contributed by atoms with van der Waals surface area (Å²) in [6.07, 6.45) is 1.93. The Hall–Kier alpha value is -2.51. The molecule has 2 aromatic heterocycles. The zero-order valence-electron chi connectivity index (χ0n) is 17.5. The molecule has 5 nitrogen and oxygen atoms in total. The number of ether oxygens (including phenoxy) is 1. The number of Topliss-reactive ketones (excluding diaryl/α,β-unsaturated/α-hetero) is 1. The Bertz CT molecular complexity index is 1110. The molecule has 156 valence electrons. The van der Waals surface area contributed by atoms with Crippen molar-refractivity contribution in [3.8, 4) is 5.75 Å². The molecular formula is C23H24N2O3S2. The Balaban J connectivity index is 1.51. The van der Waals surface area contributed by atoms with Crippen LogP contribution in [0.15, 0.2) is 29.6 Å². The molecule has 0 spiro atoms. The summed E-state index contributed by atoms with van der Waals surface area (Å²) in [5.41, 5.74) is 3.91. The molecule has 0 aliphatic heterocycles. The fraction of sp³-hybridized carbons (Fsp3) is 0.348. The van der Waals surface area contributed by atoms with Crippen LogP contribution in [0, 0.1) is 20.8 Å². The molecule has 1 saturated carbocycles. The zero-order chi connectivity index (χ0) is 21.4. The van der Waals surface area contributed by atoms with Crippen LogP contribution in [0.25, 0.3) is 0 Å². The number of aryl methyl sites for hydroxylation is 3. The Labute approximate surface area is 184 Å². The molecule has 2 heterocycles. The van der Waals surface area contributed by atoms with E-state index in [4.69, 9.17) is 4.74 Å². The van der Waals surface area contributed by atoms with Crippen LogP contribution >= 0.6 is 22.7 Å². The topological polar surface area (TPSA) is 59.5 Å². The van der Waals surface area contributed by atoms with E-state index in [0.29, 0.717) is 27.2 Å². The van der Waals surface area contributed by atoms with E-state index < -0.39 is 0 Å². The van der Waals surface area contributed by atoms with Gasteiger partial charge in [-0.3, -0.25) is 14.5 Å². The summed E-state index contributed by atoms with van der Waals surface area (Å²) in [4.78, 5) is 32.7. The van der Waals surface area contributed by atoms with Gasteiger partial charge in [0.25, 0.3) is 5.91 Å². The second kappa shape index (κ2) is 8.32. The van der Waals surface area contributed by atoms with Crippen molar-refractivity contribution in [3.05, 3.63) is 61.8 Å². The van der Waals surface area contributed by atoms with Crippen molar-refractivity contribution in [2.75, 3.05) is 4.90 Å². The largest absolute Gasteiger partial charge is 0.489 e. The number of anilines is 1. The van der Waals surface area contributed by atoms with Crippen LogP contribution in [-0.4, -0.2) is 22.7 Å². The summed E-state index contributed by atoms with van der Waals surface area (Å²) >= 11 is 2.73. The van der Waals surface area contributed by atoms with Gasteiger partial charge in [0, 0.05) is 18.5 Å². The smallest absolute Gasteiger partial charge is 0.270 e. The van der Waals surface area contributed by atoms with Crippen molar-refractivity contribution >= 4 is 39.5 Å². The lowest BCUT2D eigenvalue weighted by Gasteiger charge is -2.18. The van der Waals surface area contributed by atoms with Gasteiger partial charge in [-0.2, -0.15) is 0 Å². The van der Waals surface area contributed by atoms with E-state index in [1.54, 1.807) is 4.90 Å². The fourth-order valence-corrected chi connectivity index (χ4v) is 5.13. The van der Waals surface area contributed by atoms with Crippen LogP contribution < -0.4 is 9.64 Å². The summed E-state index contributed by atoms with van der Waals surface area (Å²) < 4.78 is 5.98. The minimum Gasteiger partial charge on any atom is -0.489 e. The number of hydrogen-bond acceptors (Lipinski definition) is 6. The van der Waals surface area contributed by atoms with E-state index in [2.05, 4.69) is 11.1 Å². The highest BCUT2D eigenvalue weighted by Gasteiger charge is 2.37. The van der Waals surface area contributed by atoms with Gasteiger partial charge in [-0.25, -0.2) is 4.98 Å². The standard InChI is InChI=1S/C23H24N2O3S2/c1-13-5-6-14(2)19(9-13)28-11-17-10-20(29-12-17)22(27)25(18-7-8-18)23-24-15(3)21(30-23)16(4)26/h5-6,9-10,12,18H,7-8,11H2,1-4H3. The lowest BCUT2D eigenvalue weighted by Crippen LogP contribution is -2.32. The van der Waals surface area contributed by atoms with E-state index in [1.807, 2.05) is 44.4 Å². The van der Waals surface area contributed by atoms with Gasteiger partial charge in [0.1, 0.15) is 12.4 Å². The molecule has 0 unspecified atom stereocenters. The molecule has 30 heavy (non-hydrogen) atoms. The van der Waals surface area contributed by atoms with E-state index in [0.717, 1.165) is 35.3 Å². The van der Waals surface area contributed by atoms with Gasteiger partial charge in [-0.05, 0) is 62.3 Å². The number of hydrogen-bond donors (Lipinski definition) is 0. The fourth-order valence-electron chi connectivity index (χ4n) is 3.26. The van der Waals surface area contributed by atoms with Crippen LogP contribution in [-0.2, 0) is 6.61 Å². The summed E-state index contributed by atoms with van der Waals surface area (Å²) in [5.74, 6) is 0.800. The van der Waals surface area contributed by atoms with Gasteiger partial charge in [-0.15, -0.1) is 11.3 Å². The van der Waals surface area contributed by atoms with Crippen molar-refractivity contribution in [3.63, 3.8) is 0 Å². The Kier molecular flexibility index (Phi) is 5.75. The van der Waals surface area contributed by atoms with Gasteiger partial charge < -0.3 is 4.74 Å². The maximum atomic E-state index is 13.3. The predicted molar refractivity (Wildman–Crippen MR) is 121 cm³/mol. The number of aromatic nitrogens is 1. The molecule has 0 atom stereocenters. The first-order chi connectivity index (χ1) is 14.3. The summed E-state index contributed by atoms with van der Waals surface area (Å²) in [6.45, 7) is 7.84. The number of ketones is 1. The third kappa shape index (κ3) is 4.32. The second-order valence-corrected chi connectivity index (χ2v) is 9.64. The maximum Gasteiger partial charge on any atom is 0.270 e. The van der Waals surface area contributed by atoms with Crippen molar-refractivity contribution in [1.29, 1.82) is 0 Å². The van der Waals surface area contributed by atoms with Crippen LogP contribution in [0.3, 0.4) is 0 Å². The molecule has 1 aliphatic rings. The number of thiophene rings is 1. The monoisotopic (exact) mass is 440 g/mol. The first kappa shape index (κ1) is 20.8. The van der Waals surface area contributed by atoms with E-state index in [1.165, 1.54) is 29.6 Å². The molecule has 3 aromatic rings. The molecule has 1 aromatic carbocycles. The van der Waals surface area contributed by atoms with Crippen LogP contribution in [0.2, 0.25) is 0 Å². The van der Waals surface area contributed by atoms with Crippen molar-refractivity contribution in [1.82, 2.24) is 4.98 Å². The summed E-state index contributed by atoms with van der Waals surface area (Å²) in [6, 6.07) is 8.21. The van der Waals surface area contributed by atoms with Crippen molar-refractivity contribution in [2.24, 2.45) is 0 Å². The average Bonchev–Trinajstić information content (AvgIpc) is 3.27. The molecule has 1 fully saturated rings. The average molecular weight is 441 g/mol. The number of rotatable bonds is 7. The third-order valence-corrected chi connectivity index (χ3v) is 7.27. The molecule has 0 radical (unpaired) electrons. The van der Waals surface area contributed by atoms with Gasteiger partial charge in [-0.1, -0.05) is 23.5 Å².